The fourth-order valence-corrected chi connectivity index (χ4v) is 7.60. The standard InChI is InChI=1S/C23H25NO2Si/c1-23(2,3)27(20-15-9-5-10-16-20,21-17-11-6-12-18-21)26-24-22(25)19-13-7-4-8-14-19/h4-18H,1-3H3,(H,24,25)/i24+1. The van der Waals surface area contributed by atoms with E-state index in [4.69, 9.17) is 4.53 Å². The average Bonchev–Trinajstić information content (AvgIpc) is 2.69. The Morgan fingerprint density at radius 1 is 0.741 bits per heavy atom. The van der Waals surface area contributed by atoms with Crippen molar-refractivity contribution < 1.29 is 9.32 Å². The Morgan fingerprint density at radius 2 is 1.15 bits per heavy atom. The van der Waals surface area contributed by atoms with Crippen LogP contribution in [-0.4, -0.2) is 14.2 Å². The molecule has 3 nitrogen and oxygen atoms in total. The van der Waals surface area contributed by atoms with E-state index in [1.165, 1.54) is 0 Å². The molecule has 0 heterocycles. The second-order valence-corrected chi connectivity index (χ2v) is 11.8. The molecule has 1 amide bonds. The lowest BCUT2D eigenvalue weighted by Crippen LogP contribution is -2.68. The predicted octanol–water partition coefficient (Wildman–Crippen LogP) is 3.91. The summed E-state index contributed by atoms with van der Waals surface area (Å²) in [5, 5.41) is 2.05. The maximum Gasteiger partial charge on any atom is 0.295 e. The Kier molecular flexibility index (Phi) is 5.58. The van der Waals surface area contributed by atoms with E-state index in [2.05, 4.69) is 50.5 Å². The first-order chi connectivity index (χ1) is 12.9. The molecule has 3 aromatic rings. The highest BCUT2D eigenvalue weighted by atomic mass is 28.4. The van der Waals surface area contributed by atoms with Gasteiger partial charge in [-0.05, 0) is 27.5 Å². The Labute approximate surface area is 162 Å². The zero-order valence-electron chi connectivity index (χ0n) is 16.0. The molecule has 3 rings (SSSR count). The maximum absolute atomic E-state index is 12.7. The van der Waals surface area contributed by atoms with E-state index in [9.17, 15) is 4.79 Å². The van der Waals surface area contributed by atoms with Gasteiger partial charge in [0.25, 0.3) is 14.2 Å². The normalized spacial score (nSPS) is 11.8. The van der Waals surface area contributed by atoms with E-state index in [-0.39, 0.29) is 10.9 Å². The van der Waals surface area contributed by atoms with Crippen LogP contribution in [0.3, 0.4) is 0 Å². The highest BCUT2D eigenvalue weighted by Crippen LogP contribution is 2.36. The molecule has 3 aromatic carbocycles. The van der Waals surface area contributed by atoms with E-state index < -0.39 is 8.32 Å². The van der Waals surface area contributed by atoms with Gasteiger partial charge in [-0.15, -0.1) is 0 Å². The summed E-state index contributed by atoms with van der Waals surface area (Å²) in [7, 11) is -2.78. The Bertz CT molecular complexity index is 835. The van der Waals surface area contributed by atoms with E-state index in [1.54, 1.807) is 12.1 Å². The highest BCUT2D eigenvalue weighted by Gasteiger charge is 2.51. The van der Waals surface area contributed by atoms with Gasteiger partial charge < -0.3 is 4.53 Å². The summed E-state index contributed by atoms with van der Waals surface area (Å²) in [6, 6.07) is 29.6. The molecular weight excluding hydrogens is 351 g/mol. The van der Waals surface area contributed by atoms with Gasteiger partial charge in [-0.2, -0.15) is 0 Å². The van der Waals surface area contributed by atoms with Gasteiger partial charge in [0.15, 0.2) is 0 Å². The molecule has 0 aliphatic rings. The molecule has 1 N–H and O–H groups in total. The quantitative estimate of drug-likeness (QED) is 0.417. The minimum absolute atomic E-state index is 0.195. The van der Waals surface area contributed by atoms with Crippen molar-refractivity contribution in [3.05, 3.63) is 96.6 Å². The minimum atomic E-state index is -2.78. The summed E-state index contributed by atoms with van der Waals surface area (Å²) in [4.78, 5) is 12.7. The molecule has 138 valence electrons. The van der Waals surface area contributed by atoms with Crippen molar-refractivity contribution in [2.24, 2.45) is 0 Å². The van der Waals surface area contributed by atoms with Crippen molar-refractivity contribution >= 4 is 24.6 Å². The lowest BCUT2D eigenvalue weighted by Gasteiger charge is -2.41. The molecule has 0 spiro atoms. The van der Waals surface area contributed by atoms with Crippen LogP contribution in [0.5, 0.6) is 0 Å². The molecule has 4 heteroatoms. The molecular formula is C23H25NO2Si. The molecule has 0 aromatic heterocycles. The van der Waals surface area contributed by atoms with Gasteiger partial charge in [-0.1, -0.05) is 99.6 Å². The number of benzene rings is 3. The number of carbonyl (C=O) groups excluding carboxylic acids is 1. The Balaban J connectivity index is 2.05. The molecule has 0 fully saturated rings. The zero-order chi connectivity index (χ0) is 19.3. The van der Waals surface area contributed by atoms with Crippen molar-refractivity contribution in [3.8, 4) is 0 Å². The summed E-state index contributed by atoms with van der Waals surface area (Å²) in [6.07, 6.45) is 0. The summed E-state index contributed by atoms with van der Waals surface area (Å²) in [5.74, 6) is -0.233. The predicted molar refractivity (Wildman–Crippen MR) is 113 cm³/mol. The summed E-state index contributed by atoms with van der Waals surface area (Å²) >= 11 is 0. The zero-order valence-corrected chi connectivity index (χ0v) is 17.0. The van der Waals surface area contributed by atoms with Gasteiger partial charge in [-0.25, -0.2) is 5.48 Å². The molecule has 0 aliphatic carbocycles. The van der Waals surface area contributed by atoms with Gasteiger partial charge >= 0.3 is 0 Å². The van der Waals surface area contributed by atoms with Crippen molar-refractivity contribution in [3.63, 3.8) is 0 Å². The first kappa shape index (κ1) is 19.1. The van der Waals surface area contributed by atoms with Crippen LogP contribution < -0.4 is 15.9 Å². The second-order valence-electron chi connectivity index (χ2n) is 7.56. The third-order valence-electron chi connectivity index (χ3n) is 4.75. The lowest BCUT2D eigenvalue weighted by molar-refractivity contribution is 0.0740. The molecule has 27 heavy (non-hydrogen) atoms. The Hall–Kier alpha value is -2.69. The summed E-state index contributed by atoms with van der Waals surface area (Å²) in [6.45, 7) is 6.52. The summed E-state index contributed by atoms with van der Waals surface area (Å²) < 4.78 is 6.42. The monoisotopic (exact) mass is 376 g/mol. The van der Waals surface area contributed by atoms with E-state index in [0.717, 1.165) is 10.4 Å². The summed E-state index contributed by atoms with van der Waals surface area (Å²) in [5.41, 5.74) is 3.35. The lowest BCUT2D eigenvalue weighted by atomic mass is 10.2. The molecule has 0 radical (unpaired) electrons. The van der Waals surface area contributed by atoms with E-state index in [0.29, 0.717) is 5.56 Å². The Morgan fingerprint density at radius 3 is 1.56 bits per heavy atom. The smallest absolute Gasteiger partial charge is 0.295 e. The number of carbonyl (C=O) groups is 1. The van der Waals surface area contributed by atoms with Crippen molar-refractivity contribution in [2.45, 2.75) is 25.8 Å². The first-order valence-electron chi connectivity index (χ1n) is 9.09. The molecule has 0 saturated heterocycles. The van der Waals surface area contributed by atoms with Crippen molar-refractivity contribution in [1.29, 1.82) is 0 Å². The van der Waals surface area contributed by atoms with Crippen LogP contribution in [0.15, 0.2) is 91.0 Å². The number of rotatable bonds is 5. The number of hydroxylamine groups is 1. The van der Waals surface area contributed by atoms with Gasteiger partial charge in [0.2, 0.25) is 0 Å². The molecule has 0 bridgehead atoms. The fraction of sp³-hybridized carbons (Fsp3) is 0.174. The van der Waals surface area contributed by atoms with Crippen LogP contribution in [0.25, 0.3) is 0 Å². The average molecular weight is 377 g/mol. The maximum atomic E-state index is 12.7. The van der Waals surface area contributed by atoms with Crippen molar-refractivity contribution in [1.82, 2.24) is 5.48 Å². The van der Waals surface area contributed by atoms with Crippen molar-refractivity contribution in [2.75, 3.05) is 0 Å². The number of amides is 1. The van der Waals surface area contributed by atoms with E-state index >= 15 is 0 Å². The third kappa shape index (κ3) is 3.87. The van der Waals surface area contributed by atoms with Crippen LogP contribution in [0, 0.1) is 0 Å². The second kappa shape index (κ2) is 7.90. The fourth-order valence-electron chi connectivity index (χ4n) is 3.42. The number of hydrogen-bond acceptors (Lipinski definition) is 2. The van der Waals surface area contributed by atoms with Crippen LogP contribution in [0.2, 0.25) is 5.04 Å². The van der Waals surface area contributed by atoms with Crippen LogP contribution in [0.1, 0.15) is 31.1 Å². The first-order valence-corrected chi connectivity index (χ1v) is 11.0. The number of hydrogen-bond donors (Lipinski definition) is 1. The SMILES string of the molecule is CC(C)(C)[Si](O[15NH]C(=O)c1ccccc1)(c1ccccc1)c1ccccc1. The third-order valence-corrected chi connectivity index (χ3v) is 9.56. The van der Waals surface area contributed by atoms with Crippen LogP contribution in [0.4, 0.5) is 0 Å². The molecule has 0 unspecified atom stereocenters. The molecule has 0 atom stereocenters. The highest BCUT2D eigenvalue weighted by molar-refractivity contribution is 6.99. The van der Waals surface area contributed by atoms with Gasteiger partial charge in [0, 0.05) is 5.56 Å². The number of nitrogens with one attached hydrogen (secondary N) is 1. The van der Waals surface area contributed by atoms with Crippen LogP contribution >= 0.6 is 0 Å². The van der Waals surface area contributed by atoms with E-state index in [1.807, 2.05) is 54.6 Å². The molecule has 0 aliphatic heterocycles. The van der Waals surface area contributed by atoms with Gasteiger partial charge in [0.1, 0.15) is 0 Å². The topological polar surface area (TPSA) is 38.3 Å². The minimum Gasteiger partial charge on any atom is -0.308 e. The molecule has 0 saturated carbocycles. The van der Waals surface area contributed by atoms with Gasteiger partial charge in [-0.3, -0.25) is 4.79 Å². The largest absolute Gasteiger partial charge is 0.308 e. The van der Waals surface area contributed by atoms with Gasteiger partial charge in [0.05, 0.1) is 0 Å². The van der Waals surface area contributed by atoms with Crippen LogP contribution in [-0.2, 0) is 4.53 Å².